The molecule has 0 unspecified atom stereocenters. The Morgan fingerprint density at radius 1 is 1.50 bits per heavy atom. The smallest absolute Gasteiger partial charge is 0.235 e. The topological polar surface area (TPSA) is 47.9 Å². The maximum Gasteiger partial charge on any atom is 0.235 e. The second-order valence-corrected chi connectivity index (χ2v) is 3.49. The highest BCUT2D eigenvalue weighted by Crippen LogP contribution is 2.39. The first-order valence-corrected chi connectivity index (χ1v) is 4.92. The molecule has 4 nitrogen and oxygen atoms in total. The van der Waals surface area contributed by atoms with Gasteiger partial charge >= 0.3 is 0 Å². The zero-order valence-corrected chi connectivity index (χ0v) is 8.88. The summed E-state index contributed by atoms with van der Waals surface area (Å²) in [7, 11) is 0. The SMILES string of the molecule is O=C=NCc1c(F)c(Cl)cc2c1OCCO2. The maximum atomic E-state index is 13.7. The standard InChI is InChI=1S/C10H7ClFNO3/c11-7-3-8-10(16-2-1-15-8)6(9(7)12)4-13-5-14/h3H,1-2,4H2. The number of fused-ring (bicyclic) bond motifs is 1. The molecule has 1 aromatic rings. The van der Waals surface area contributed by atoms with Crippen LogP contribution in [-0.4, -0.2) is 19.3 Å². The molecule has 0 amide bonds. The van der Waals surface area contributed by atoms with Crippen LogP contribution in [0.25, 0.3) is 0 Å². The molecule has 1 aliphatic rings. The molecule has 0 spiro atoms. The first-order valence-electron chi connectivity index (χ1n) is 4.54. The van der Waals surface area contributed by atoms with E-state index in [1.165, 1.54) is 12.1 Å². The number of nitrogens with zero attached hydrogens (tertiary/aromatic N) is 1. The highest BCUT2D eigenvalue weighted by molar-refractivity contribution is 6.31. The average molecular weight is 244 g/mol. The van der Waals surface area contributed by atoms with Crippen LogP contribution in [0.4, 0.5) is 4.39 Å². The number of rotatable bonds is 2. The number of carbonyl (C=O) groups excluding carboxylic acids is 1. The molecule has 84 valence electrons. The zero-order chi connectivity index (χ0) is 11.5. The molecule has 2 rings (SSSR count). The van der Waals surface area contributed by atoms with Crippen LogP contribution >= 0.6 is 11.6 Å². The number of aliphatic imine (C=N–C) groups is 1. The monoisotopic (exact) mass is 243 g/mol. The van der Waals surface area contributed by atoms with Gasteiger partial charge in [0.1, 0.15) is 13.2 Å². The van der Waals surface area contributed by atoms with E-state index in [0.29, 0.717) is 19.0 Å². The van der Waals surface area contributed by atoms with E-state index in [-0.39, 0.29) is 22.9 Å². The largest absolute Gasteiger partial charge is 0.486 e. The molecule has 0 aliphatic carbocycles. The Morgan fingerprint density at radius 3 is 3.00 bits per heavy atom. The van der Waals surface area contributed by atoms with Gasteiger partial charge in [-0.25, -0.2) is 14.2 Å². The van der Waals surface area contributed by atoms with E-state index in [9.17, 15) is 9.18 Å². The third-order valence-corrected chi connectivity index (χ3v) is 2.39. The minimum atomic E-state index is -0.648. The number of hydrogen-bond donors (Lipinski definition) is 0. The van der Waals surface area contributed by atoms with Crippen molar-refractivity contribution in [3.05, 3.63) is 22.5 Å². The molecule has 1 aliphatic heterocycles. The summed E-state index contributed by atoms with van der Waals surface area (Å²) in [5.74, 6) is -0.0224. The lowest BCUT2D eigenvalue weighted by Gasteiger charge is -2.21. The van der Waals surface area contributed by atoms with Crippen molar-refractivity contribution in [2.24, 2.45) is 4.99 Å². The second kappa shape index (κ2) is 4.51. The lowest BCUT2D eigenvalue weighted by Crippen LogP contribution is -2.17. The predicted molar refractivity (Wildman–Crippen MR) is 54.2 cm³/mol. The molecule has 0 bridgehead atoms. The second-order valence-electron chi connectivity index (χ2n) is 3.08. The van der Waals surface area contributed by atoms with E-state index in [2.05, 4.69) is 4.99 Å². The van der Waals surface area contributed by atoms with Crippen molar-refractivity contribution in [3.8, 4) is 11.5 Å². The molecule has 6 heteroatoms. The number of isocyanates is 1. The first-order chi connectivity index (χ1) is 7.74. The predicted octanol–water partition coefficient (Wildman–Crippen LogP) is 2.09. The van der Waals surface area contributed by atoms with Crippen molar-refractivity contribution < 1.29 is 18.7 Å². The van der Waals surface area contributed by atoms with E-state index < -0.39 is 5.82 Å². The van der Waals surface area contributed by atoms with Gasteiger partial charge in [-0.2, -0.15) is 0 Å². The molecule has 1 heterocycles. The van der Waals surface area contributed by atoms with Crippen molar-refractivity contribution in [2.75, 3.05) is 13.2 Å². The summed E-state index contributed by atoms with van der Waals surface area (Å²) < 4.78 is 24.2. The van der Waals surface area contributed by atoms with Gasteiger partial charge in [-0.05, 0) is 0 Å². The Labute approximate surface area is 95.6 Å². The molecule has 0 fully saturated rings. The Hall–Kier alpha value is -1.58. The number of benzene rings is 1. The lowest BCUT2D eigenvalue weighted by molar-refractivity contribution is 0.169. The van der Waals surface area contributed by atoms with Gasteiger partial charge in [-0.1, -0.05) is 11.6 Å². The van der Waals surface area contributed by atoms with Crippen molar-refractivity contribution in [2.45, 2.75) is 6.54 Å². The van der Waals surface area contributed by atoms with Crippen molar-refractivity contribution in [1.29, 1.82) is 0 Å². The van der Waals surface area contributed by atoms with Crippen molar-refractivity contribution in [1.82, 2.24) is 0 Å². The highest BCUT2D eigenvalue weighted by atomic mass is 35.5. The third kappa shape index (κ3) is 1.87. The fourth-order valence-electron chi connectivity index (χ4n) is 1.45. The normalized spacial score (nSPS) is 13.1. The Kier molecular flexibility index (Phi) is 3.08. The van der Waals surface area contributed by atoms with Gasteiger partial charge in [0, 0.05) is 6.07 Å². The Balaban J connectivity index is 2.53. The van der Waals surface area contributed by atoms with Gasteiger partial charge in [-0.15, -0.1) is 0 Å². The summed E-state index contributed by atoms with van der Waals surface area (Å²) >= 11 is 5.68. The van der Waals surface area contributed by atoms with Crippen LogP contribution in [0.3, 0.4) is 0 Å². The van der Waals surface area contributed by atoms with Crippen LogP contribution < -0.4 is 9.47 Å². The van der Waals surface area contributed by atoms with Gasteiger partial charge < -0.3 is 9.47 Å². The van der Waals surface area contributed by atoms with Crippen LogP contribution in [0.1, 0.15) is 5.56 Å². The van der Waals surface area contributed by atoms with Gasteiger partial charge in [-0.3, -0.25) is 0 Å². The van der Waals surface area contributed by atoms with Gasteiger partial charge in [0.2, 0.25) is 6.08 Å². The summed E-state index contributed by atoms with van der Waals surface area (Å²) in [5, 5.41) is -0.0830. The maximum absolute atomic E-state index is 13.7. The van der Waals surface area contributed by atoms with E-state index in [0.717, 1.165) is 0 Å². The molecule has 16 heavy (non-hydrogen) atoms. The quantitative estimate of drug-likeness (QED) is 0.590. The number of halogens is 2. The molecule has 0 saturated carbocycles. The summed E-state index contributed by atoms with van der Waals surface area (Å²) in [6.45, 7) is 0.540. The van der Waals surface area contributed by atoms with Crippen molar-refractivity contribution >= 4 is 17.7 Å². The Bertz CT molecular complexity index is 472. The van der Waals surface area contributed by atoms with E-state index in [4.69, 9.17) is 21.1 Å². The van der Waals surface area contributed by atoms with Crippen LogP contribution in [0.2, 0.25) is 5.02 Å². The molecule has 0 aromatic heterocycles. The van der Waals surface area contributed by atoms with Gasteiger partial charge in [0.05, 0.1) is 17.1 Å². The zero-order valence-electron chi connectivity index (χ0n) is 8.13. The minimum absolute atomic E-state index is 0.0830. The molecule has 0 saturated heterocycles. The summed E-state index contributed by atoms with van der Waals surface area (Å²) in [4.78, 5) is 13.3. The summed E-state index contributed by atoms with van der Waals surface area (Å²) in [6.07, 6.45) is 1.34. The Morgan fingerprint density at radius 2 is 2.25 bits per heavy atom. The van der Waals surface area contributed by atoms with Crippen LogP contribution in [0.15, 0.2) is 11.1 Å². The van der Waals surface area contributed by atoms with Gasteiger partial charge in [0.15, 0.2) is 17.3 Å². The third-order valence-electron chi connectivity index (χ3n) is 2.12. The molecular weight excluding hydrogens is 237 g/mol. The minimum Gasteiger partial charge on any atom is -0.486 e. The summed E-state index contributed by atoms with van der Waals surface area (Å²) in [5.41, 5.74) is 0.116. The molecule has 0 radical (unpaired) electrons. The molecular formula is C10H7ClFNO3. The fraction of sp³-hybridized carbons (Fsp3) is 0.300. The number of ether oxygens (including phenoxy) is 2. The van der Waals surface area contributed by atoms with Crippen molar-refractivity contribution in [3.63, 3.8) is 0 Å². The van der Waals surface area contributed by atoms with Crippen LogP contribution in [0.5, 0.6) is 11.5 Å². The van der Waals surface area contributed by atoms with E-state index >= 15 is 0 Å². The van der Waals surface area contributed by atoms with E-state index in [1.807, 2.05) is 0 Å². The highest BCUT2D eigenvalue weighted by Gasteiger charge is 2.22. The number of hydrogen-bond acceptors (Lipinski definition) is 4. The van der Waals surface area contributed by atoms with Crippen LogP contribution in [0, 0.1) is 5.82 Å². The molecule has 0 atom stereocenters. The van der Waals surface area contributed by atoms with Crippen LogP contribution in [-0.2, 0) is 11.3 Å². The molecule has 0 N–H and O–H groups in total. The lowest BCUT2D eigenvalue weighted by atomic mass is 10.1. The first kappa shape index (κ1) is 10.9. The molecule has 1 aromatic carbocycles. The van der Waals surface area contributed by atoms with Gasteiger partial charge in [0.25, 0.3) is 0 Å². The average Bonchev–Trinajstić information content (AvgIpc) is 2.30. The van der Waals surface area contributed by atoms with E-state index in [1.54, 1.807) is 0 Å². The fourth-order valence-corrected chi connectivity index (χ4v) is 1.66. The summed E-state index contributed by atoms with van der Waals surface area (Å²) in [6, 6.07) is 1.35.